The zero-order chi connectivity index (χ0) is 61.7. The molecule has 0 saturated heterocycles. The van der Waals surface area contributed by atoms with Crippen LogP contribution >= 0.6 is 0 Å². The van der Waals surface area contributed by atoms with Gasteiger partial charge < -0.3 is 14.4 Å². The molecule has 0 aliphatic carbocycles. The summed E-state index contributed by atoms with van der Waals surface area (Å²) < 4.78 is 89.6. The van der Waals surface area contributed by atoms with E-state index in [2.05, 4.69) is 210 Å². The standard InChI is InChI=1S/C81H52BF6N3/c1-51-42-62(44-64(43-51)81(86,87)88)68-50-63(80(83,84)85)33-41-73(68)91-72-25-15-14-24-67(72)69-45-58(30-38-74(69)91)61-48-77-79-78(49-61)90(66-36-28-57(29-37-66)53-18-8-3-9-19-53)76-40-32-60(55-22-12-5-13-23-55)47-71(76)82(79)70-46-59(54-20-10-4-11-21-54)31-39-75(70)89(77)65-34-26-56(27-35-65)52-16-6-2-7-17-52/h2-50H,1H3. The monoisotopic (exact) mass is 1190 g/mol. The van der Waals surface area contributed by atoms with Crippen molar-refractivity contribution >= 4 is 79.0 Å². The molecule has 13 aromatic carbocycles. The number of benzene rings is 13. The van der Waals surface area contributed by atoms with Crippen LogP contribution in [0.3, 0.4) is 0 Å². The summed E-state index contributed by atoms with van der Waals surface area (Å²) in [6.45, 7) is 1.27. The van der Waals surface area contributed by atoms with Gasteiger partial charge in [-0.3, -0.25) is 0 Å². The van der Waals surface area contributed by atoms with Crippen LogP contribution in [0, 0.1) is 6.92 Å². The number of aryl methyl sites for hydroxylation is 1. The summed E-state index contributed by atoms with van der Waals surface area (Å²) >= 11 is 0. The van der Waals surface area contributed by atoms with Crippen LogP contribution in [-0.2, 0) is 12.4 Å². The number of anilines is 6. The van der Waals surface area contributed by atoms with E-state index in [0.717, 1.165) is 141 Å². The molecule has 0 bridgehead atoms. The van der Waals surface area contributed by atoms with Crippen LogP contribution in [0.5, 0.6) is 0 Å². The molecule has 0 amide bonds. The number of hydrogen-bond donors (Lipinski definition) is 0. The van der Waals surface area contributed by atoms with Crippen LogP contribution in [0.2, 0.25) is 0 Å². The minimum atomic E-state index is -4.77. The van der Waals surface area contributed by atoms with Crippen LogP contribution < -0.4 is 26.2 Å². The number of rotatable bonds is 9. The molecule has 0 saturated carbocycles. The van der Waals surface area contributed by atoms with Gasteiger partial charge in [-0.15, -0.1) is 0 Å². The fraction of sp³-hybridized carbons (Fsp3) is 0.0370. The minimum Gasteiger partial charge on any atom is -0.311 e. The summed E-state index contributed by atoms with van der Waals surface area (Å²) in [6, 6.07) is 98.4. The fourth-order valence-corrected chi connectivity index (χ4v) is 13.9. The summed E-state index contributed by atoms with van der Waals surface area (Å²) in [6.07, 6.45) is -9.50. The van der Waals surface area contributed by atoms with Gasteiger partial charge in [-0.1, -0.05) is 200 Å². The first kappa shape index (κ1) is 55.2. The van der Waals surface area contributed by atoms with E-state index in [1.165, 1.54) is 19.1 Å². The van der Waals surface area contributed by atoms with Crippen molar-refractivity contribution in [3.05, 3.63) is 314 Å². The maximum absolute atomic E-state index is 14.7. The van der Waals surface area contributed by atoms with Crippen molar-refractivity contribution in [2.75, 3.05) is 9.80 Å². The highest BCUT2D eigenvalue weighted by atomic mass is 19.4. The molecule has 0 atom stereocenters. The van der Waals surface area contributed by atoms with Crippen molar-refractivity contribution < 1.29 is 26.3 Å². The van der Waals surface area contributed by atoms with E-state index in [1.807, 2.05) is 65.2 Å². The van der Waals surface area contributed by atoms with Gasteiger partial charge in [0.25, 0.3) is 6.71 Å². The van der Waals surface area contributed by atoms with Gasteiger partial charge in [0.2, 0.25) is 0 Å². The number of para-hydroxylation sites is 1. The summed E-state index contributed by atoms with van der Waals surface area (Å²) in [4.78, 5) is 4.82. The van der Waals surface area contributed by atoms with E-state index < -0.39 is 23.5 Å². The lowest BCUT2D eigenvalue weighted by Gasteiger charge is -2.44. The lowest BCUT2D eigenvalue weighted by Crippen LogP contribution is -2.61. The molecule has 0 radical (unpaired) electrons. The molecule has 91 heavy (non-hydrogen) atoms. The first-order valence-corrected chi connectivity index (χ1v) is 30.2. The van der Waals surface area contributed by atoms with Gasteiger partial charge in [-0.25, -0.2) is 0 Å². The predicted octanol–water partition coefficient (Wildman–Crippen LogP) is 21.2. The number of aromatic nitrogens is 1. The van der Waals surface area contributed by atoms with E-state index in [0.29, 0.717) is 16.7 Å². The van der Waals surface area contributed by atoms with Crippen LogP contribution in [0.25, 0.3) is 94.3 Å². The van der Waals surface area contributed by atoms with Gasteiger partial charge in [-0.2, -0.15) is 26.3 Å². The van der Waals surface area contributed by atoms with Crippen LogP contribution in [0.4, 0.5) is 60.5 Å². The average molecular weight is 1190 g/mol. The Hall–Kier alpha value is -11.1. The van der Waals surface area contributed by atoms with Crippen molar-refractivity contribution in [3.63, 3.8) is 0 Å². The van der Waals surface area contributed by atoms with Crippen molar-refractivity contribution in [2.45, 2.75) is 19.3 Å². The quantitative estimate of drug-likeness (QED) is 0.105. The molecule has 436 valence electrons. The highest BCUT2D eigenvalue weighted by Crippen LogP contribution is 2.49. The Morgan fingerprint density at radius 1 is 0.286 bits per heavy atom. The number of fused-ring (bicyclic) bond motifs is 7. The summed E-state index contributed by atoms with van der Waals surface area (Å²) in [5.41, 5.74) is 20.0. The van der Waals surface area contributed by atoms with E-state index >= 15 is 0 Å². The van der Waals surface area contributed by atoms with Crippen molar-refractivity contribution in [1.29, 1.82) is 0 Å². The largest absolute Gasteiger partial charge is 0.416 e. The Bertz CT molecular complexity index is 4940. The molecule has 2 aliphatic heterocycles. The topological polar surface area (TPSA) is 11.4 Å². The number of nitrogens with zero attached hydrogens (tertiary/aromatic N) is 3. The van der Waals surface area contributed by atoms with E-state index in [-0.39, 0.29) is 23.4 Å². The Balaban J connectivity index is 0.961. The molecule has 2 aliphatic rings. The molecule has 0 spiro atoms. The fourth-order valence-electron chi connectivity index (χ4n) is 13.9. The highest BCUT2D eigenvalue weighted by Gasteiger charge is 2.44. The number of alkyl halides is 6. The second-order valence-electron chi connectivity index (χ2n) is 23.5. The molecule has 3 nitrogen and oxygen atoms in total. The Morgan fingerprint density at radius 3 is 1.21 bits per heavy atom. The van der Waals surface area contributed by atoms with Gasteiger partial charge in [0.05, 0.1) is 27.8 Å². The second-order valence-corrected chi connectivity index (χ2v) is 23.5. The lowest BCUT2D eigenvalue weighted by atomic mass is 9.33. The number of halogens is 6. The first-order chi connectivity index (χ1) is 44.3. The van der Waals surface area contributed by atoms with Gasteiger partial charge in [0.1, 0.15) is 0 Å². The summed E-state index contributed by atoms with van der Waals surface area (Å²) in [5, 5.41) is 1.62. The number of hydrogen-bond acceptors (Lipinski definition) is 2. The minimum absolute atomic E-state index is 0.0141. The van der Waals surface area contributed by atoms with Crippen LogP contribution in [-0.4, -0.2) is 11.3 Å². The molecule has 16 rings (SSSR count). The van der Waals surface area contributed by atoms with Gasteiger partial charge in [0, 0.05) is 50.5 Å². The highest BCUT2D eigenvalue weighted by molar-refractivity contribution is 7.00. The molecule has 0 unspecified atom stereocenters. The van der Waals surface area contributed by atoms with Crippen LogP contribution in [0.1, 0.15) is 16.7 Å². The molecular formula is C81H52BF6N3. The second kappa shape index (κ2) is 21.6. The Labute approximate surface area is 522 Å². The third kappa shape index (κ3) is 9.65. The van der Waals surface area contributed by atoms with Crippen molar-refractivity contribution in [3.8, 4) is 72.4 Å². The van der Waals surface area contributed by atoms with Gasteiger partial charge in [-0.05, 0) is 187 Å². The van der Waals surface area contributed by atoms with Crippen molar-refractivity contribution in [1.82, 2.24) is 4.57 Å². The molecule has 0 N–H and O–H groups in total. The van der Waals surface area contributed by atoms with Gasteiger partial charge in [0.15, 0.2) is 0 Å². The smallest absolute Gasteiger partial charge is 0.311 e. The van der Waals surface area contributed by atoms with Gasteiger partial charge >= 0.3 is 12.4 Å². The average Bonchev–Trinajstić information content (AvgIpc) is 0.955. The first-order valence-electron chi connectivity index (χ1n) is 30.2. The summed E-state index contributed by atoms with van der Waals surface area (Å²) in [7, 11) is 0. The third-order valence-corrected chi connectivity index (χ3v) is 18.0. The summed E-state index contributed by atoms with van der Waals surface area (Å²) in [5.74, 6) is 0. The Morgan fingerprint density at radius 2 is 0.703 bits per heavy atom. The molecule has 14 aromatic rings. The molecular weight excluding hydrogens is 1140 g/mol. The van der Waals surface area contributed by atoms with Crippen LogP contribution in [0.15, 0.2) is 297 Å². The molecule has 0 fully saturated rings. The third-order valence-electron chi connectivity index (χ3n) is 18.0. The molecule has 1 aromatic heterocycles. The van der Waals surface area contributed by atoms with E-state index in [9.17, 15) is 26.3 Å². The maximum atomic E-state index is 14.7. The van der Waals surface area contributed by atoms with Crippen molar-refractivity contribution in [2.24, 2.45) is 0 Å². The normalized spacial score (nSPS) is 12.7. The molecule has 3 heterocycles. The lowest BCUT2D eigenvalue weighted by molar-refractivity contribution is -0.138. The van der Waals surface area contributed by atoms with E-state index in [4.69, 9.17) is 0 Å². The maximum Gasteiger partial charge on any atom is 0.416 e. The zero-order valence-electron chi connectivity index (χ0n) is 49.0. The zero-order valence-corrected chi connectivity index (χ0v) is 49.0. The van der Waals surface area contributed by atoms with E-state index in [1.54, 1.807) is 0 Å². The SMILES string of the molecule is Cc1cc(-c2cc(C(F)(F)F)ccc2-n2c3ccccc3c3cc(-c4cc5c6c(c4)N(c4ccc(-c7ccccc7)cc4)c4ccc(-c7ccccc7)cc4B6c4cc(-c6ccccc6)ccc4N5c4ccc(-c5ccccc5)cc4)ccc32)cc(C(F)(F)F)c1. The Kier molecular flexibility index (Phi) is 13.1. The predicted molar refractivity (Wildman–Crippen MR) is 362 cm³/mol. The molecule has 10 heteroatoms.